The van der Waals surface area contributed by atoms with Crippen LogP contribution in [-0.2, 0) is 23.7 Å². The van der Waals surface area contributed by atoms with E-state index in [1.165, 1.54) is 19.3 Å². The number of aliphatic hydroxyl groups is 1. The summed E-state index contributed by atoms with van der Waals surface area (Å²) in [5.41, 5.74) is 0.529. The third-order valence-electron chi connectivity index (χ3n) is 8.21. The summed E-state index contributed by atoms with van der Waals surface area (Å²) in [5, 5.41) is 24.4. The molecule has 2 N–H and O–H groups in total. The molecular weight excluding hydrogens is 568 g/mol. The van der Waals surface area contributed by atoms with E-state index in [1.807, 2.05) is 69.5 Å². The summed E-state index contributed by atoms with van der Waals surface area (Å²) in [5.74, 6) is -1.46. The Hall–Kier alpha value is -0.910. The molecule has 0 aromatic heterocycles. The number of ether oxygens (including phenoxy) is 4. The van der Waals surface area contributed by atoms with Crippen molar-refractivity contribution >= 4 is 24.3 Å². The monoisotopic (exact) mass is 634 g/mol. The number of carbonyl (C=O) groups excluding carboxylic acids is 1. The van der Waals surface area contributed by atoms with Gasteiger partial charge < -0.3 is 34.2 Å². The molecule has 0 aromatic rings. The van der Waals surface area contributed by atoms with E-state index in [0.29, 0.717) is 31.0 Å². The van der Waals surface area contributed by atoms with Crippen LogP contribution < -0.4 is 0 Å². The molecule has 3 fully saturated rings. The van der Waals surface area contributed by atoms with Crippen molar-refractivity contribution in [1.82, 2.24) is 4.90 Å². The molecule has 0 bridgehead atoms. The molecule has 43 heavy (non-hydrogen) atoms. The topological polar surface area (TPSA) is 110 Å². The fourth-order valence-corrected chi connectivity index (χ4v) is 5.82. The van der Waals surface area contributed by atoms with Crippen molar-refractivity contribution in [2.45, 2.75) is 149 Å². The van der Waals surface area contributed by atoms with E-state index in [1.54, 1.807) is 14.0 Å². The maximum Gasteiger partial charge on any atom is 0.309 e. The molecule has 2 aliphatic heterocycles. The number of cyclic esters (lactones) is 1. The van der Waals surface area contributed by atoms with E-state index in [-0.39, 0.29) is 47.8 Å². The number of esters is 1. The smallest absolute Gasteiger partial charge is 0.309 e. The lowest BCUT2D eigenvalue weighted by atomic mass is 9.82. The highest BCUT2D eigenvalue weighted by molar-refractivity contribution is 7.81. The van der Waals surface area contributed by atoms with E-state index in [4.69, 9.17) is 31.6 Å². The molecule has 0 radical (unpaired) electrons. The number of hydrogen-bond donors (Lipinski definition) is 3. The summed E-state index contributed by atoms with van der Waals surface area (Å²) in [6, 6.07) is 0.302. The summed E-state index contributed by atoms with van der Waals surface area (Å²) in [4.78, 5) is 15.0. The first-order chi connectivity index (χ1) is 20.4. The largest absolute Gasteiger partial charge is 0.465 e. The predicted molar refractivity (Wildman–Crippen MR) is 178 cm³/mol. The second-order valence-electron chi connectivity index (χ2n) is 12.1. The van der Waals surface area contributed by atoms with E-state index >= 15 is 0 Å². The van der Waals surface area contributed by atoms with Crippen molar-refractivity contribution in [2.75, 3.05) is 27.8 Å². The Kier molecular flexibility index (Phi) is 22.1. The molecule has 1 aliphatic carbocycles. The van der Waals surface area contributed by atoms with Crippen molar-refractivity contribution in [1.29, 1.82) is 0 Å². The van der Waals surface area contributed by atoms with Gasteiger partial charge in [0.25, 0.3) is 0 Å². The number of hydrogen-bond acceptors (Lipinski definition) is 10. The Balaban J connectivity index is 0.00000227. The third kappa shape index (κ3) is 14.8. The minimum atomic E-state index is -0.887. The molecule has 2 heterocycles. The van der Waals surface area contributed by atoms with Gasteiger partial charge in [-0.05, 0) is 40.3 Å². The molecule has 9 unspecified atom stereocenters. The SMILES string of the molecule is C1CC1.CC.CC.COC1C(C)COC(=O)C(C)C(S)C[C@@H](OC2CC(N(C)C)CC(C)O2)C(O)C[C@@H](C)/C(=N\O)C1C. The lowest BCUT2D eigenvalue weighted by Crippen LogP contribution is -2.47. The second kappa shape index (κ2) is 22.6. The lowest BCUT2D eigenvalue weighted by molar-refractivity contribution is -0.237. The molecule has 2 saturated heterocycles. The fourth-order valence-electron chi connectivity index (χ4n) is 5.49. The van der Waals surface area contributed by atoms with Gasteiger partial charge in [-0.3, -0.25) is 4.79 Å². The van der Waals surface area contributed by atoms with Crippen LogP contribution in [0.25, 0.3) is 0 Å². The van der Waals surface area contributed by atoms with Crippen LogP contribution in [0, 0.1) is 23.7 Å². The highest BCUT2D eigenvalue weighted by atomic mass is 32.1. The van der Waals surface area contributed by atoms with Crippen LogP contribution in [0.1, 0.15) is 107 Å². The molecular formula is C33H66N2O7S. The normalized spacial score (nSPS) is 38.2. The zero-order chi connectivity index (χ0) is 33.3. The van der Waals surface area contributed by atoms with Crippen LogP contribution in [0.15, 0.2) is 5.16 Å². The highest BCUT2D eigenvalue weighted by Gasteiger charge is 2.38. The van der Waals surface area contributed by atoms with Crippen molar-refractivity contribution in [3.8, 4) is 0 Å². The number of carbonyl (C=O) groups is 1. The molecule has 3 aliphatic rings. The predicted octanol–water partition coefficient (Wildman–Crippen LogP) is 6.44. The molecule has 10 heteroatoms. The fraction of sp³-hybridized carbons (Fsp3) is 0.939. The molecule has 0 amide bonds. The Morgan fingerprint density at radius 3 is 2.00 bits per heavy atom. The van der Waals surface area contributed by atoms with Gasteiger partial charge in [-0.1, -0.05) is 79.8 Å². The number of aliphatic hydroxyl groups excluding tert-OH is 1. The van der Waals surface area contributed by atoms with Crippen molar-refractivity contribution in [3.05, 3.63) is 0 Å². The quantitative estimate of drug-likeness (QED) is 0.140. The lowest BCUT2D eigenvalue weighted by Gasteiger charge is -2.40. The maximum atomic E-state index is 12.8. The van der Waals surface area contributed by atoms with Crippen LogP contribution in [0.3, 0.4) is 0 Å². The summed E-state index contributed by atoms with van der Waals surface area (Å²) < 4.78 is 23.8. The van der Waals surface area contributed by atoms with Gasteiger partial charge in [-0.15, -0.1) is 0 Å². The number of rotatable bonds is 4. The van der Waals surface area contributed by atoms with E-state index in [2.05, 4.69) is 10.1 Å². The van der Waals surface area contributed by atoms with E-state index < -0.39 is 24.4 Å². The van der Waals surface area contributed by atoms with Gasteiger partial charge in [0.2, 0.25) is 0 Å². The Morgan fingerprint density at radius 1 is 0.930 bits per heavy atom. The van der Waals surface area contributed by atoms with Crippen LogP contribution in [-0.4, -0.2) is 96.7 Å². The zero-order valence-corrected chi connectivity index (χ0v) is 30.2. The van der Waals surface area contributed by atoms with Gasteiger partial charge in [-0.2, -0.15) is 12.6 Å². The van der Waals surface area contributed by atoms with Crippen molar-refractivity contribution in [3.63, 3.8) is 0 Å². The standard InChI is InChI=1S/C26H48N2O7S.C3H6.2C2H6/c1-14-9-20(29)21(35-23-11-19(28(6)7)10-16(3)34-23)12-22(36)17(4)26(30)33-13-15(2)25(32-8)18(5)24(14)27-31;1-2-3-1;2*1-2/h14-23,25,29,31,36H,9-13H2,1-8H3;1-3H2;2*1-2H3/b27-24+;;;/t14-,15?,16?,17?,18?,19?,20?,21-,22?,23?,25?;;;/m1.../s1. The maximum absolute atomic E-state index is 12.8. The molecule has 0 aromatic carbocycles. The van der Waals surface area contributed by atoms with Crippen LogP contribution in [0.4, 0.5) is 0 Å². The molecule has 3 rings (SSSR count). The molecule has 9 nitrogen and oxygen atoms in total. The van der Waals surface area contributed by atoms with Gasteiger partial charge in [-0.25, -0.2) is 0 Å². The molecule has 1 saturated carbocycles. The van der Waals surface area contributed by atoms with Crippen molar-refractivity contribution < 1.29 is 34.1 Å². The summed E-state index contributed by atoms with van der Waals surface area (Å²) in [7, 11) is 5.68. The van der Waals surface area contributed by atoms with Gasteiger partial charge in [0.05, 0.1) is 42.7 Å². The highest BCUT2D eigenvalue weighted by Crippen LogP contribution is 2.31. The summed E-state index contributed by atoms with van der Waals surface area (Å²) in [6.07, 6.45) is 4.43. The third-order valence-corrected chi connectivity index (χ3v) is 8.87. The average Bonchev–Trinajstić information content (AvgIpc) is 3.87. The molecule has 256 valence electrons. The van der Waals surface area contributed by atoms with Gasteiger partial charge in [0.1, 0.15) is 0 Å². The Bertz CT molecular complexity index is 767. The van der Waals surface area contributed by atoms with Crippen molar-refractivity contribution in [2.24, 2.45) is 28.8 Å². The average molecular weight is 635 g/mol. The van der Waals surface area contributed by atoms with Crippen LogP contribution >= 0.6 is 12.6 Å². The van der Waals surface area contributed by atoms with Gasteiger partial charge in [0.15, 0.2) is 6.29 Å². The van der Waals surface area contributed by atoms with Gasteiger partial charge in [0, 0.05) is 42.6 Å². The zero-order valence-electron chi connectivity index (χ0n) is 29.3. The van der Waals surface area contributed by atoms with Crippen LogP contribution in [0.2, 0.25) is 0 Å². The Morgan fingerprint density at radius 2 is 1.51 bits per heavy atom. The minimum absolute atomic E-state index is 0.0216. The summed E-state index contributed by atoms with van der Waals surface area (Å²) in [6.45, 7) is 17.8. The number of nitrogens with zero attached hydrogens (tertiary/aromatic N) is 2. The molecule has 11 atom stereocenters. The first-order valence-corrected chi connectivity index (χ1v) is 17.2. The van der Waals surface area contributed by atoms with E-state index in [9.17, 15) is 15.1 Å². The van der Waals surface area contributed by atoms with Gasteiger partial charge >= 0.3 is 5.97 Å². The molecule has 0 spiro atoms. The first kappa shape index (κ1) is 42.1. The number of thiol groups is 1. The summed E-state index contributed by atoms with van der Waals surface area (Å²) >= 11 is 4.71. The number of oxime groups is 1. The van der Waals surface area contributed by atoms with E-state index in [0.717, 1.165) is 6.42 Å². The Labute approximate surface area is 268 Å². The number of methoxy groups -OCH3 is 1. The van der Waals surface area contributed by atoms with Crippen LogP contribution in [0.5, 0.6) is 0 Å². The second-order valence-corrected chi connectivity index (χ2v) is 12.8. The first-order valence-electron chi connectivity index (χ1n) is 16.6. The minimum Gasteiger partial charge on any atom is -0.465 e.